The highest BCUT2D eigenvalue weighted by Gasteiger charge is 2.09. The van der Waals surface area contributed by atoms with Crippen molar-refractivity contribution in [2.75, 3.05) is 0 Å². The smallest absolute Gasteiger partial charge is 0.146 e. The maximum absolute atomic E-state index is 8.72. The molecule has 12 heavy (non-hydrogen) atoms. The van der Waals surface area contributed by atoms with Crippen LogP contribution in [0.25, 0.3) is 0 Å². The third-order valence-corrected chi connectivity index (χ3v) is 2.66. The molecule has 0 saturated heterocycles. The lowest BCUT2D eigenvalue weighted by molar-refractivity contribution is 1.17. The van der Waals surface area contributed by atoms with Gasteiger partial charge in [-0.2, -0.15) is 5.26 Å². The molecular weight excluding hydrogens is 352 g/mol. The van der Waals surface area contributed by atoms with Crippen molar-refractivity contribution in [2.45, 2.75) is 3.74 Å². The molecule has 0 saturated carbocycles. The van der Waals surface area contributed by atoms with Crippen LogP contribution in [0.5, 0.6) is 0 Å². The van der Waals surface area contributed by atoms with E-state index in [1.807, 2.05) is 12.1 Å². The van der Waals surface area contributed by atoms with Gasteiger partial charge in [-0.3, -0.25) is 0 Å². The van der Waals surface area contributed by atoms with Gasteiger partial charge in [0.05, 0.1) is 3.74 Å². The SMILES string of the molecule is N#Cc1nc(Br)ccc1C(Br)Br. The van der Waals surface area contributed by atoms with Crippen molar-refractivity contribution in [2.24, 2.45) is 0 Å². The number of nitriles is 1. The fourth-order valence-corrected chi connectivity index (χ4v) is 1.76. The van der Waals surface area contributed by atoms with Crippen LogP contribution < -0.4 is 0 Å². The number of aromatic nitrogens is 1. The average Bonchev–Trinajstić information content (AvgIpc) is 2.03. The van der Waals surface area contributed by atoms with E-state index >= 15 is 0 Å². The lowest BCUT2D eigenvalue weighted by atomic mass is 10.2. The van der Waals surface area contributed by atoms with Crippen LogP contribution >= 0.6 is 47.8 Å². The fraction of sp³-hybridized carbons (Fsp3) is 0.143. The van der Waals surface area contributed by atoms with Gasteiger partial charge in [-0.25, -0.2) is 4.98 Å². The first-order valence-corrected chi connectivity index (χ1v) is 5.62. The van der Waals surface area contributed by atoms with Crippen molar-refractivity contribution in [3.05, 3.63) is 28.0 Å². The number of hydrogen-bond acceptors (Lipinski definition) is 2. The lowest BCUT2D eigenvalue weighted by Gasteiger charge is -2.03. The summed E-state index contributed by atoms with van der Waals surface area (Å²) in [6.45, 7) is 0. The standard InChI is InChI=1S/C7H3Br3N2/c8-6-2-1-4(7(9)10)5(3-11)12-6/h1-2,7H. The van der Waals surface area contributed by atoms with Crippen LogP contribution in [0.15, 0.2) is 16.7 Å². The van der Waals surface area contributed by atoms with Crippen molar-refractivity contribution in [1.29, 1.82) is 5.26 Å². The molecule has 1 heterocycles. The summed E-state index contributed by atoms with van der Waals surface area (Å²) in [5, 5.41) is 8.72. The van der Waals surface area contributed by atoms with Gasteiger partial charge in [-0.1, -0.05) is 37.9 Å². The maximum Gasteiger partial charge on any atom is 0.146 e. The molecule has 1 aromatic rings. The molecule has 0 aliphatic rings. The first kappa shape index (κ1) is 10.2. The van der Waals surface area contributed by atoms with Gasteiger partial charge in [0.15, 0.2) is 0 Å². The molecule has 0 unspecified atom stereocenters. The van der Waals surface area contributed by atoms with Gasteiger partial charge in [0.25, 0.3) is 0 Å². The quantitative estimate of drug-likeness (QED) is 0.571. The fourth-order valence-electron chi connectivity index (χ4n) is 0.712. The van der Waals surface area contributed by atoms with Crippen LogP contribution in [0.3, 0.4) is 0 Å². The van der Waals surface area contributed by atoms with Crippen LogP contribution in [0.2, 0.25) is 0 Å². The molecule has 62 valence electrons. The summed E-state index contributed by atoms with van der Waals surface area (Å²) >= 11 is 9.81. The zero-order valence-corrected chi connectivity index (χ0v) is 10.5. The molecule has 0 fully saturated rings. The minimum Gasteiger partial charge on any atom is -0.230 e. The van der Waals surface area contributed by atoms with E-state index in [2.05, 4.69) is 52.8 Å². The topological polar surface area (TPSA) is 36.7 Å². The van der Waals surface area contributed by atoms with Gasteiger partial charge in [0.2, 0.25) is 0 Å². The van der Waals surface area contributed by atoms with E-state index < -0.39 is 0 Å². The predicted molar refractivity (Wildman–Crippen MR) is 57.2 cm³/mol. The van der Waals surface area contributed by atoms with Crippen molar-refractivity contribution < 1.29 is 0 Å². The van der Waals surface area contributed by atoms with Gasteiger partial charge >= 0.3 is 0 Å². The molecule has 2 nitrogen and oxygen atoms in total. The largest absolute Gasteiger partial charge is 0.230 e. The second kappa shape index (κ2) is 4.35. The molecule has 1 aromatic heterocycles. The van der Waals surface area contributed by atoms with E-state index in [9.17, 15) is 0 Å². The molecule has 0 spiro atoms. The Morgan fingerprint density at radius 2 is 2.08 bits per heavy atom. The van der Waals surface area contributed by atoms with Crippen molar-refractivity contribution in [1.82, 2.24) is 4.98 Å². The van der Waals surface area contributed by atoms with Gasteiger partial charge < -0.3 is 0 Å². The highest BCUT2D eigenvalue weighted by Crippen LogP contribution is 2.31. The Labute approximate surface area is 95.4 Å². The Bertz CT molecular complexity index is 330. The minimum absolute atomic E-state index is 0.0275. The first-order chi connectivity index (χ1) is 5.65. The molecule has 5 heteroatoms. The van der Waals surface area contributed by atoms with Gasteiger partial charge in [0.1, 0.15) is 16.4 Å². The van der Waals surface area contributed by atoms with Gasteiger partial charge in [-0.15, -0.1) is 0 Å². The van der Waals surface area contributed by atoms with E-state index in [0.717, 1.165) is 5.56 Å². The third-order valence-electron chi connectivity index (χ3n) is 1.23. The van der Waals surface area contributed by atoms with Crippen molar-refractivity contribution in [3.63, 3.8) is 0 Å². The van der Waals surface area contributed by atoms with Crippen molar-refractivity contribution >= 4 is 47.8 Å². The number of rotatable bonds is 1. The Kier molecular flexibility index (Phi) is 3.69. The normalized spacial score (nSPS) is 9.92. The van der Waals surface area contributed by atoms with Gasteiger partial charge in [-0.05, 0) is 22.0 Å². The summed E-state index contributed by atoms with van der Waals surface area (Å²) in [4.78, 5) is 4.01. The Morgan fingerprint density at radius 1 is 1.42 bits per heavy atom. The third kappa shape index (κ3) is 2.28. The van der Waals surface area contributed by atoms with E-state index in [-0.39, 0.29) is 3.74 Å². The molecule has 0 aliphatic carbocycles. The molecule has 0 radical (unpaired) electrons. The second-order valence-corrected chi connectivity index (χ2v) is 5.86. The molecule has 0 bridgehead atoms. The molecule has 0 amide bonds. The Hall–Kier alpha value is 0.0800. The summed E-state index contributed by atoms with van der Waals surface area (Å²) in [5.74, 6) is 0. The molecular formula is C7H3Br3N2. The zero-order chi connectivity index (χ0) is 9.14. The average molecular weight is 355 g/mol. The molecule has 0 aliphatic heterocycles. The summed E-state index contributed by atoms with van der Waals surface area (Å²) in [5.41, 5.74) is 1.25. The van der Waals surface area contributed by atoms with Crippen LogP contribution in [0, 0.1) is 11.3 Å². The van der Waals surface area contributed by atoms with E-state index in [1.165, 1.54) is 0 Å². The van der Waals surface area contributed by atoms with Gasteiger partial charge in [0, 0.05) is 5.56 Å². The number of hydrogen-bond donors (Lipinski definition) is 0. The molecule has 1 rings (SSSR count). The number of pyridine rings is 1. The van der Waals surface area contributed by atoms with Crippen LogP contribution in [-0.4, -0.2) is 4.98 Å². The Morgan fingerprint density at radius 3 is 2.58 bits per heavy atom. The van der Waals surface area contributed by atoms with Crippen LogP contribution in [-0.2, 0) is 0 Å². The van der Waals surface area contributed by atoms with Crippen molar-refractivity contribution in [3.8, 4) is 6.07 Å². The molecule has 0 aromatic carbocycles. The highest BCUT2D eigenvalue weighted by molar-refractivity contribution is 9.24. The maximum atomic E-state index is 8.72. The lowest BCUT2D eigenvalue weighted by Crippen LogP contribution is -1.92. The van der Waals surface area contributed by atoms with E-state index in [0.29, 0.717) is 10.3 Å². The zero-order valence-electron chi connectivity index (χ0n) is 5.76. The number of nitrogens with zero attached hydrogens (tertiary/aromatic N) is 2. The summed E-state index contributed by atoms with van der Waals surface area (Å²) in [6, 6.07) is 5.65. The predicted octanol–water partition coefficient (Wildman–Crippen LogP) is 3.50. The first-order valence-electron chi connectivity index (χ1n) is 3.00. The Balaban J connectivity index is 3.23. The second-order valence-electron chi connectivity index (χ2n) is 1.98. The minimum atomic E-state index is -0.0275. The molecule has 0 N–H and O–H groups in total. The number of halogens is 3. The van der Waals surface area contributed by atoms with Crippen LogP contribution in [0.1, 0.15) is 15.0 Å². The summed E-state index contributed by atoms with van der Waals surface area (Å²) in [6.07, 6.45) is 0. The number of alkyl halides is 2. The summed E-state index contributed by atoms with van der Waals surface area (Å²) < 4.78 is 0.642. The van der Waals surface area contributed by atoms with E-state index in [4.69, 9.17) is 5.26 Å². The summed E-state index contributed by atoms with van der Waals surface area (Å²) in [7, 11) is 0. The monoisotopic (exact) mass is 352 g/mol. The van der Waals surface area contributed by atoms with Crippen LogP contribution in [0.4, 0.5) is 0 Å². The highest BCUT2D eigenvalue weighted by atomic mass is 79.9. The molecule has 0 atom stereocenters. The van der Waals surface area contributed by atoms with E-state index in [1.54, 1.807) is 6.07 Å².